The molecule has 3 heterocycles. The first-order chi connectivity index (χ1) is 10.7. The third-order valence-electron chi connectivity index (χ3n) is 3.77. The van der Waals surface area contributed by atoms with Crippen molar-refractivity contribution in [2.24, 2.45) is 0 Å². The number of carbonyl (C=O) groups is 1. The summed E-state index contributed by atoms with van der Waals surface area (Å²) >= 11 is 1.49. The van der Waals surface area contributed by atoms with E-state index in [2.05, 4.69) is 11.6 Å². The molecule has 0 unspecified atom stereocenters. The van der Waals surface area contributed by atoms with Crippen molar-refractivity contribution in [1.82, 2.24) is 14.5 Å². The molecule has 3 rings (SSSR count). The highest BCUT2D eigenvalue weighted by Gasteiger charge is 2.26. The predicted molar refractivity (Wildman–Crippen MR) is 85.1 cm³/mol. The Balaban J connectivity index is 2.01. The van der Waals surface area contributed by atoms with Gasteiger partial charge in [-0.2, -0.15) is 0 Å². The zero-order chi connectivity index (χ0) is 15.7. The molecule has 1 amide bonds. The molecule has 0 fully saturated rings. The molecule has 0 saturated heterocycles. The predicted octanol–water partition coefficient (Wildman–Crippen LogP) is 1.18. The number of fused-ring (bicyclic) bond motifs is 3. The van der Waals surface area contributed by atoms with Crippen molar-refractivity contribution >= 4 is 27.5 Å². The fraction of sp³-hybridized carbons (Fsp3) is 0.400. The molecule has 22 heavy (non-hydrogen) atoms. The molecular formula is C15H17N3O3S. The summed E-state index contributed by atoms with van der Waals surface area (Å²) in [7, 11) is 1.51. The van der Waals surface area contributed by atoms with Crippen LogP contribution in [0.4, 0.5) is 0 Å². The van der Waals surface area contributed by atoms with E-state index in [1.54, 1.807) is 21.9 Å². The van der Waals surface area contributed by atoms with E-state index < -0.39 is 0 Å². The summed E-state index contributed by atoms with van der Waals surface area (Å²) in [5.41, 5.74) is 1.01. The van der Waals surface area contributed by atoms with Gasteiger partial charge in [-0.05, 0) is 12.0 Å². The van der Waals surface area contributed by atoms with Crippen molar-refractivity contribution in [2.45, 2.75) is 19.5 Å². The highest BCUT2D eigenvalue weighted by molar-refractivity contribution is 7.18. The molecule has 6 nitrogen and oxygen atoms in total. The van der Waals surface area contributed by atoms with Gasteiger partial charge in [0, 0.05) is 25.1 Å². The highest BCUT2D eigenvalue weighted by Crippen LogP contribution is 2.32. The molecule has 0 radical (unpaired) electrons. The van der Waals surface area contributed by atoms with Gasteiger partial charge in [0.25, 0.3) is 5.56 Å². The molecule has 0 aliphatic carbocycles. The first-order valence-electron chi connectivity index (χ1n) is 7.03. The average molecular weight is 319 g/mol. The number of amides is 1. The Morgan fingerprint density at radius 2 is 2.41 bits per heavy atom. The Morgan fingerprint density at radius 3 is 3.14 bits per heavy atom. The Kier molecular flexibility index (Phi) is 4.08. The minimum absolute atomic E-state index is 0.0253. The molecule has 2 aromatic heterocycles. The topological polar surface area (TPSA) is 64.4 Å². The molecule has 0 atom stereocenters. The molecule has 116 valence electrons. The van der Waals surface area contributed by atoms with Gasteiger partial charge in [0.05, 0.1) is 18.3 Å². The number of nitrogens with zero attached hydrogens (tertiary/aromatic N) is 3. The normalized spacial score (nSPS) is 14.1. The molecule has 2 aromatic rings. The molecule has 7 heteroatoms. The average Bonchev–Trinajstić information content (AvgIpc) is 2.88. The fourth-order valence-corrected chi connectivity index (χ4v) is 3.91. The summed E-state index contributed by atoms with van der Waals surface area (Å²) in [5.74, 6) is -0.0253. The summed E-state index contributed by atoms with van der Waals surface area (Å²) < 4.78 is 6.46. The Labute approximate surface area is 131 Å². The van der Waals surface area contributed by atoms with Gasteiger partial charge in [0.2, 0.25) is 5.91 Å². The van der Waals surface area contributed by atoms with E-state index in [-0.39, 0.29) is 18.1 Å². The van der Waals surface area contributed by atoms with Crippen LogP contribution in [0.15, 0.2) is 23.8 Å². The quantitative estimate of drug-likeness (QED) is 0.794. The third kappa shape index (κ3) is 2.46. The second-order valence-corrected chi connectivity index (χ2v) is 6.26. The van der Waals surface area contributed by atoms with Crippen LogP contribution in [0.2, 0.25) is 0 Å². The summed E-state index contributed by atoms with van der Waals surface area (Å²) in [6, 6.07) is 0. The summed E-state index contributed by atoms with van der Waals surface area (Å²) in [4.78, 5) is 32.4. The van der Waals surface area contributed by atoms with Gasteiger partial charge >= 0.3 is 0 Å². The zero-order valence-electron chi connectivity index (χ0n) is 12.4. The largest absolute Gasteiger partial charge is 0.375 e. The van der Waals surface area contributed by atoms with Crippen LogP contribution in [0.5, 0.6) is 0 Å². The number of hydrogen-bond acceptors (Lipinski definition) is 5. The number of rotatable bonds is 4. The van der Waals surface area contributed by atoms with E-state index in [4.69, 9.17) is 4.74 Å². The van der Waals surface area contributed by atoms with Crippen LogP contribution in [-0.2, 0) is 29.0 Å². The minimum Gasteiger partial charge on any atom is -0.375 e. The van der Waals surface area contributed by atoms with E-state index >= 15 is 0 Å². The fourth-order valence-electron chi connectivity index (χ4n) is 2.72. The first kappa shape index (κ1) is 14.9. The molecular weight excluding hydrogens is 302 g/mol. The maximum absolute atomic E-state index is 12.6. The maximum atomic E-state index is 12.6. The van der Waals surface area contributed by atoms with Gasteiger partial charge in [-0.3, -0.25) is 14.2 Å². The van der Waals surface area contributed by atoms with E-state index in [0.717, 1.165) is 15.3 Å². The maximum Gasteiger partial charge on any atom is 0.262 e. The number of carbonyl (C=O) groups excluding carboxylic acids is 1. The number of ether oxygens (including phenoxy) is 1. The van der Waals surface area contributed by atoms with Crippen molar-refractivity contribution in [1.29, 1.82) is 0 Å². The second kappa shape index (κ2) is 6.02. The number of thiophene rings is 1. The lowest BCUT2D eigenvalue weighted by Gasteiger charge is -2.26. The lowest BCUT2D eigenvalue weighted by atomic mass is 10.1. The van der Waals surface area contributed by atoms with Crippen molar-refractivity contribution in [3.05, 3.63) is 39.8 Å². The number of aromatic nitrogens is 2. The summed E-state index contributed by atoms with van der Waals surface area (Å²) in [6.07, 6.45) is 3.92. The van der Waals surface area contributed by atoms with Crippen LogP contribution in [-0.4, -0.2) is 40.6 Å². The van der Waals surface area contributed by atoms with Crippen molar-refractivity contribution in [3.63, 3.8) is 0 Å². The number of hydrogen-bond donors (Lipinski definition) is 0. The molecule has 1 aliphatic heterocycles. The lowest BCUT2D eigenvalue weighted by molar-refractivity contribution is -0.136. The Morgan fingerprint density at radius 1 is 1.59 bits per heavy atom. The molecule has 0 aromatic carbocycles. The van der Waals surface area contributed by atoms with Crippen LogP contribution in [0.1, 0.15) is 10.4 Å². The smallest absolute Gasteiger partial charge is 0.262 e. The van der Waals surface area contributed by atoms with Gasteiger partial charge in [-0.15, -0.1) is 17.9 Å². The number of allylic oxidation sites excluding steroid dienone is 1. The monoisotopic (exact) mass is 319 g/mol. The standard InChI is InChI=1S/C15H17N3O3S/c1-3-5-18-9-16-14-13(15(18)20)10-4-6-17(7-11(10)22-14)12(19)8-21-2/h3,9H,1,4-8H2,2H3. The second-order valence-electron chi connectivity index (χ2n) is 5.17. The van der Waals surface area contributed by atoms with Crippen LogP contribution < -0.4 is 5.56 Å². The SMILES string of the molecule is C=CCn1cnc2sc3c(c2c1=O)CCN(C(=O)COC)C3. The lowest BCUT2D eigenvalue weighted by Crippen LogP contribution is -2.37. The Hall–Kier alpha value is -1.99. The van der Waals surface area contributed by atoms with Crippen LogP contribution in [0.3, 0.4) is 0 Å². The molecule has 0 spiro atoms. The van der Waals surface area contributed by atoms with Crippen LogP contribution in [0, 0.1) is 0 Å². The third-order valence-corrected chi connectivity index (χ3v) is 4.90. The summed E-state index contributed by atoms with van der Waals surface area (Å²) in [5, 5.41) is 0.697. The van der Waals surface area contributed by atoms with E-state index in [9.17, 15) is 9.59 Å². The van der Waals surface area contributed by atoms with Gasteiger partial charge in [-0.1, -0.05) is 6.08 Å². The Bertz CT molecular complexity index is 793. The van der Waals surface area contributed by atoms with Crippen LogP contribution in [0.25, 0.3) is 10.2 Å². The molecule has 0 saturated carbocycles. The molecule has 1 aliphatic rings. The summed E-state index contributed by atoms with van der Waals surface area (Å²) in [6.45, 7) is 5.33. The van der Waals surface area contributed by atoms with E-state index in [1.807, 2.05) is 0 Å². The van der Waals surface area contributed by atoms with Crippen LogP contribution >= 0.6 is 11.3 Å². The van der Waals surface area contributed by atoms with Crippen molar-refractivity contribution < 1.29 is 9.53 Å². The zero-order valence-corrected chi connectivity index (χ0v) is 13.2. The van der Waals surface area contributed by atoms with E-state index in [1.165, 1.54) is 18.4 Å². The van der Waals surface area contributed by atoms with Gasteiger partial charge < -0.3 is 9.64 Å². The highest BCUT2D eigenvalue weighted by atomic mass is 32.1. The first-order valence-corrected chi connectivity index (χ1v) is 7.84. The van der Waals surface area contributed by atoms with Gasteiger partial charge in [-0.25, -0.2) is 4.98 Å². The molecule has 0 bridgehead atoms. The van der Waals surface area contributed by atoms with Crippen molar-refractivity contribution in [2.75, 3.05) is 20.3 Å². The van der Waals surface area contributed by atoms with E-state index in [0.29, 0.717) is 31.4 Å². The van der Waals surface area contributed by atoms with Crippen molar-refractivity contribution in [3.8, 4) is 0 Å². The van der Waals surface area contributed by atoms with Gasteiger partial charge in [0.15, 0.2) is 0 Å². The minimum atomic E-state index is -0.0286. The molecule has 0 N–H and O–H groups in total. The number of methoxy groups -OCH3 is 1. The van der Waals surface area contributed by atoms with Gasteiger partial charge in [0.1, 0.15) is 11.4 Å².